The summed E-state index contributed by atoms with van der Waals surface area (Å²) in [5, 5.41) is 5.68. The molecule has 2 heterocycles. The van der Waals surface area contributed by atoms with Gasteiger partial charge in [-0.2, -0.15) is 0 Å². The number of carbonyl (C=O) groups is 1. The molecule has 4 nitrogen and oxygen atoms in total. The first-order valence-corrected chi connectivity index (χ1v) is 11.5. The Bertz CT molecular complexity index is 1120. The first-order valence-electron chi connectivity index (χ1n) is 11.5. The minimum atomic E-state index is -0.294. The molecule has 0 radical (unpaired) electrons. The standard InChI is InChI=1S/C27H27F2N3O/c1-2-30-27(33)31-17-15-22-18(20-7-3-5-9-24(20)28)11-13-32-14-12-19(23(16-17)26(22)32)21-8-4-6-10-25(21)29/h3-10,15-16,18-19H,2,11-14H2,1H3,(H2,30,31,33). The Morgan fingerprint density at radius 1 is 0.879 bits per heavy atom. The minimum absolute atomic E-state index is 0.133. The molecule has 6 heteroatoms. The van der Waals surface area contributed by atoms with Crippen molar-refractivity contribution in [1.29, 1.82) is 0 Å². The number of urea groups is 1. The first-order chi connectivity index (χ1) is 16.1. The molecule has 5 rings (SSSR count). The lowest BCUT2D eigenvalue weighted by Crippen LogP contribution is -2.38. The zero-order valence-corrected chi connectivity index (χ0v) is 18.6. The van der Waals surface area contributed by atoms with Gasteiger partial charge in [-0.1, -0.05) is 36.4 Å². The number of halogens is 2. The number of nitrogens with one attached hydrogen (secondary N) is 2. The summed E-state index contributed by atoms with van der Waals surface area (Å²) in [6.45, 7) is 3.99. The van der Waals surface area contributed by atoms with E-state index in [0.29, 0.717) is 23.4 Å². The fourth-order valence-corrected chi connectivity index (χ4v) is 5.36. The van der Waals surface area contributed by atoms with E-state index in [2.05, 4.69) is 15.5 Å². The summed E-state index contributed by atoms with van der Waals surface area (Å²) in [5.74, 6) is -0.723. The van der Waals surface area contributed by atoms with Gasteiger partial charge in [0.15, 0.2) is 0 Å². The van der Waals surface area contributed by atoms with E-state index in [-0.39, 0.29) is 29.5 Å². The van der Waals surface area contributed by atoms with Crippen molar-refractivity contribution in [2.45, 2.75) is 31.6 Å². The summed E-state index contributed by atoms with van der Waals surface area (Å²) in [6.07, 6.45) is 1.56. The average molecular weight is 448 g/mol. The van der Waals surface area contributed by atoms with E-state index in [0.717, 1.165) is 42.7 Å². The molecule has 0 aliphatic carbocycles. The largest absolute Gasteiger partial charge is 0.371 e. The Hall–Kier alpha value is -3.41. The first kappa shape index (κ1) is 21.4. The van der Waals surface area contributed by atoms with Gasteiger partial charge in [-0.25, -0.2) is 13.6 Å². The zero-order valence-electron chi connectivity index (χ0n) is 18.6. The maximum absolute atomic E-state index is 14.8. The molecule has 170 valence electrons. The predicted octanol–water partition coefficient (Wildman–Crippen LogP) is 5.98. The van der Waals surface area contributed by atoms with Crippen molar-refractivity contribution in [2.75, 3.05) is 29.9 Å². The lowest BCUT2D eigenvalue weighted by atomic mass is 9.76. The molecule has 2 aliphatic rings. The van der Waals surface area contributed by atoms with Crippen molar-refractivity contribution in [3.8, 4) is 0 Å². The third kappa shape index (κ3) is 3.94. The van der Waals surface area contributed by atoms with Gasteiger partial charge in [0.1, 0.15) is 11.6 Å². The molecule has 2 unspecified atom stereocenters. The molecule has 0 aromatic heterocycles. The molecule has 0 saturated heterocycles. The van der Waals surface area contributed by atoms with Crippen LogP contribution in [0.15, 0.2) is 60.7 Å². The van der Waals surface area contributed by atoms with Crippen molar-refractivity contribution in [2.24, 2.45) is 0 Å². The van der Waals surface area contributed by atoms with Crippen LogP contribution in [0.1, 0.15) is 53.9 Å². The molecule has 2 atom stereocenters. The fourth-order valence-electron chi connectivity index (χ4n) is 5.36. The van der Waals surface area contributed by atoms with Crippen LogP contribution in [0, 0.1) is 11.6 Å². The zero-order chi connectivity index (χ0) is 22.9. The van der Waals surface area contributed by atoms with Gasteiger partial charge < -0.3 is 15.5 Å². The van der Waals surface area contributed by atoms with Gasteiger partial charge in [-0.05, 0) is 66.3 Å². The van der Waals surface area contributed by atoms with Gasteiger partial charge in [0.2, 0.25) is 0 Å². The summed E-state index contributed by atoms with van der Waals surface area (Å²) in [4.78, 5) is 14.6. The fraction of sp³-hybridized carbons (Fsp3) is 0.296. The van der Waals surface area contributed by atoms with Crippen LogP contribution < -0.4 is 15.5 Å². The number of carbonyl (C=O) groups excluding carboxylic acids is 1. The Balaban J connectivity index is 1.68. The van der Waals surface area contributed by atoms with Gasteiger partial charge in [-0.3, -0.25) is 0 Å². The second-order valence-electron chi connectivity index (χ2n) is 8.70. The van der Waals surface area contributed by atoms with Crippen molar-refractivity contribution >= 4 is 17.4 Å². The lowest BCUT2D eigenvalue weighted by molar-refractivity contribution is 0.252. The summed E-state index contributed by atoms with van der Waals surface area (Å²) >= 11 is 0. The van der Waals surface area contributed by atoms with E-state index >= 15 is 0 Å². The summed E-state index contributed by atoms with van der Waals surface area (Å²) in [5.41, 5.74) is 4.97. The van der Waals surface area contributed by atoms with E-state index in [4.69, 9.17) is 0 Å². The van der Waals surface area contributed by atoms with Crippen molar-refractivity contribution in [3.63, 3.8) is 0 Å². The second kappa shape index (κ2) is 8.85. The molecule has 2 N–H and O–H groups in total. The smallest absolute Gasteiger partial charge is 0.319 e. The molecule has 33 heavy (non-hydrogen) atoms. The molecule has 3 aromatic carbocycles. The highest BCUT2D eigenvalue weighted by Gasteiger charge is 2.36. The van der Waals surface area contributed by atoms with E-state index in [1.807, 2.05) is 43.3 Å². The van der Waals surface area contributed by atoms with Crippen LogP contribution in [-0.2, 0) is 0 Å². The van der Waals surface area contributed by atoms with E-state index < -0.39 is 0 Å². The number of rotatable bonds is 4. The van der Waals surface area contributed by atoms with Crippen molar-refractivity contribution in [1.82, 2.24) is 5.32 Å². The molecular weight excluding hydrogens is 420 g/mol. The lowest BCUT2D eigenvalue weighted by Gasteiger charge is -2.43. The molecule has 0 fully saturated rings. The number of anilines is 2. The van der Waals surface area contributed by atoms with Crippen LogP contribution in [0.5, 0.6) is 0 Å². The van der Waals surface area contributed by atoms with Gasteiger partial charge in [-0.15, -0.1) is 0 Å². The molecule has 2 amide bonds. The SMILES string of the molecule is CCNC(=O)Nc1cc2c3c(c1)C(c1ccccc1F)CCN3CCC2c1ccccc1F. The summed E-state index contributed by atoms with van der Waals surface area (Å²) in [7, 11) is 0. The molecular formula is C27H27F2N3O. The third-order valence-corrected chi connectivity index (χ3v) is 6.77. The molecule has 3 aromatic rings. The topological polar surface area (TPSA) is 44.4 Å². The van der Waals surface area contributed by atoms with Crippen molar-refractivity contribution in [3.05, 3.63) is 94.6 Å². The van der Waals surface area contributed by atoms with Gasteiger partial charge >= 0.3 is 6.03 Å². The summed E-state index contributed by atoms with van der Waals surface area (Å²) in [6, 6.07) is 17.4. The Morgan fingerprint density at radius 2 is 1.39 bits per heavy atom. The highest BCUT2D eigenvalue weighted by atomic mass is 19.1. The number of benzene rings is 3. The van der Waals surface area contributed by atoms with Gasteiger partial charge in [0.05, 0.1) is 0 Å². The average Bonchev–Trinajstić information content (AvgIpc) is 2.81. The van der Waals surface area contributed by atoms with Gasteiger partial charge in [0.25, 0.3) is 0 Å². The van der Waals surface area contributed by atoms with Crippen LogP contribution in [0.3, 0.4) is 0 Å². The normalized spacial score (nSPS) is 19.1. The molecule has 2 aliphatic heterocycles. The number of nitrogens with zero attached hydrogens (tertiary/aromatic N) is 1. The van der Waals surface area contributed by atoms with Crippen LogP contribution in [0.2, 0.25) is 0 Å². The highest BCUT2D eigenvalue weighted by Crippen LogP contribution is 2.50. The minimum Gasteiger partial charge on any atom is -0.371 e. The maximum atomic E-state index is 14.8. The Morgan fingerprint density at radius 3 is 1.88 bits per heavy atom. The van der Waals surface area contributed by atoms with Crippen LogP contribution >= 0.6 is 0 Å². The molecule has 0 spiro atoms. The van der Waals surface area contributed by atoms with E-state index in [1.54, 1.807) is 12.1 Å². The highest BCUT2D eigenvalue weighted by molar-refractivity contribution is 5.90. The quantitative estimate of drug-likeness (QED) is 0.516. The Labute approximate surface area is 192 Å². The summed E-state index contributed by atoms with van der Waals surface area (Å²) < 4.78 is 29.6. The van der Waals surface area contributed by atoms with Crippen LogP contribution in [0.25, 0.3) is 0 Å². The third-order valence-electron chi connectivity index (χ3n) is 6.77. The number of amides is 2. The Kier molecular flexibility index (Phi) is 5.75. The molecule has 0 bridgehead atoms. The van der Waals surface area contributed by atoms with Crippen LogP contribution in [-0.4, -0.2) is 25.7 Å². The van der Waals surface area contributed by atoms with Crippen LogP contribution in [0.4, 0.5) is 25.0 Å². The molecule has 0 saturated carbocycles. The monoisotopic (exact) mass is 447 g/mol. The van der Waals surface area contributed by atoms with Crippen molar-refractivity contribution < 1.29 is 13.6 Å². The van der Waals surface area contributed by atoms with E-state index in [1.165, 1.54) is 12.1 Å². The second-order valence-corrected chi connectivity index (χ2v) is 8.70. The number of hydrogen-bond acceptors (Lipinski definition) is 2. The van der Waals surface area contributed by atoms with E-state index in [9.17, 15) is 13.6 Å². The predicted molar refractivity (Wildman–Crippen MR) is 127 cm³/mol. The maximum Gasteiger partial charge on any atom is 0.319 e. The number of hydrogen-bond donors (Lipinski definition) is 2. The van der Waals surface area contributed by atoms with Gasteiger partial charge in [0, 0.05) is 42.8 Å².